The summed E-state index contributed by atoms with van der Waals surface area (Å²) >= 11 is 0. The standard InChI is InChI=1S/C16H25NO2/c1-5-16(6-2)14(17-3)11-15(16)19-13-9-7-8-12(10-13)18-4/h7-10,14-15,17H,5-6,11H2,1-4H3. The SMILES string of the molecule is CCC1(CC)C(NC)CC1Oc1cccc(OC)c1. The second-order valence-electron chi connectivity index (χ2n) is 5.30. The first kappa shape index (κ1) is 14.2. The smallest absolute Gasteiger partial charge is 0.123 e. The lowest BCUT2D eigenvalue weighted by atomic mass is 9.58. The van der Waals surface area contributed by atoms with Gasteiger partial charge < -0.3 is 14.8 Å². The van der Waals surface area contributed by atoms with Crippen LogP contribution in [0.3, 0.4) is 0 Å². The van der Waals surface area contributed by atoms with Gasteiger partial charge in [0, 0.05) is 23.9 Å². The zero-order valence-corrected chi connectivity index (χ0v) is 12.4. The zero-order chi connectivity index (χ0) is 13.9. The van der Waals surface area contributed by atoms with E-state index in [1.165, 1.54) is 0 Å². The molecule has 0 aliphatic heterocycles. The Balaban J connectivity index is 2.10. The molecule has 3 nitrogen and oxygen atoms in total. The van der Waals surface area contributed by atoms with Crippen LogP contribution in [-0.4, -0.2) is 26.3 Å². The quantitative estimate of drug-likeness (QED) is 0.854. The van der Waals surface area contributed by atoms with Crippen LogP contribution in [0.1, 0.15) is 33.1 Å². The molecule has 2 rings (SSSR count). The lowest BCUT2D eigenvalue weighted by Gasteiger charge is -2.55. The van der Waals surface area contributed by atoms with Crippen LogP contribution in [0.15, 0.2) is 24.3 Å². The van der Waals surface area contributed by atoms with E-state index in [0.717, 1.165) is 30.8 Å². The van der Waals surface area contributed by atoms with Crippen molar-refractivity contribution in [3.05, 3.63) is 24.3 Å². The van der Waals surface area contributed by atoms with Crippen molar-refractivity contribution in [1.82, 2.24) is 5.32 Å². The molecule has 0 saturated heterocycles. The Kier molecular flexibility index (Phi) is 4.35. The fourth-order valence-corrected chi connectivity index (χ4v) is 3.36. The van der Waals surface area contributed by atoms with Crippen molar-refractivity contribution in [3.8, 4) is 11.5 Å². The van der Waals surface area contributed by atoms with E-state index in [1.807, 2.05) is 31.3 Å². The van der Waals surface area contributed by atoms with Gasteiger partial charge in [0.15, 0.2) is 0 Å². The topological polar surface area (TPSA) is 30.5 Å². The van der Waals surface area contributed by atoms with Crippen molar-refractivity contribution >= 4 is 0 Å². The summed E-state index contributed by atoms with van der Waals surface area (Å²) in [5.41, 5.74) is 0.262. The van der Waals surface area contributed by atoms with Crippen molar-refractivity contribution < 1.29 is 9.47 Å². The predicted molar refractivity (Wildman–Crippen MR) is 77.9 cm³/mol. The van der Waals surface area contributed by atoms with E-state index < -0.39 is 0 Å². The van der Waals surface area contributed by atoms with Crippen LogP contribution in [0.4, 0.5) is 0 Å². The van der Waals surface area contributed by atoms with Crippen molar-refractivity contribution in [2.45, 2.75) is 45.3 Å². The fourth-order valence-electron chi connectivity index (χ4n) is 3.36. The average Bonchev–Trinajstić information content (AvgIpc) is 2.45. The molecule has 2 unspecified atom stereocenters. The normalized spacial score (nSPS) is 24.6. The van der Waals surface area contributed by atoms with Crippen molar-refractivity contribution in [3.63, 3.8) is 0 Å². The Hall–Kier alpha value is -1.22. The molecule has 0 radical (unpaired) electrons. The van der Waals surface area contributed by atoms with E-state index in [2.05, 4.69) is 19.2 Å². The molecule has 1 aromatic carbocycles. The molecule has 19 heavy (non-hydrogen) atoms. The van der Waals surface area contributed by atoms with Gasteiger partial charge in [-0.05, 0) is 32.0 Å². The Bertz CT molecular complexity index is 415. The Morgan fingerprint density at radius 1 is 1.26 bits per heavy atom. The van der Waals surface area contributed by atoms with E-state index in [1.54, 1.807) is 7.11 Å². The molecule has 106 valence electrons. The molecule has 1 saturated carbocycles. The van der Waals surface area contributed by atoms with Gasteiger partial charge in [0.05, 0.1) is 7.11 Å². The maximum absolute atomic E-state index is 6.20. The molecule has 0 heterocycles. The number of hydrogen-bond donors (Lipinski definition) is 1. The predicted octanol–water partition coefficient (Wildman–Crippen LogP) is 3.24. The third-order valence-corrected chi connectivity index (χ3v) is 4.77. The highest BCUT2D eigenvalue weighted by Gasteiger charge is 2.53. The summed E-state index contributed by atoms with van der Waals surface area (Å²) in [6, 6.07) is 8.45. The van der Waals surface area contributed by atoms with Crippen LogP contribution in [0.5, 0.6) is 11.5 Å². The number of methoxy groups -OCH3 is 1. The summed E-state index contributed by atoms with van der Waals surface area (Å²) < 4.78 is 11.4. The molecule has 1 aromatic rings. The summed E-state index contributed by atoms with van der Waals surface area (Å²) in [4.78, 5) is 0. The van der Waals surface area contributed by atoms with Crippen LogP contribution < -0.4 is 14.8 Å². The van der Waals surface area contributed by atoms with Gasteiger partial charge in [-0.1, -0.05) is 19.9 Å². The first-order valence-electron chi connectivity index (χ1n) is 7.18. The van der Waals surface area contributed by atoms with Crippen molar-refractivity contribution in [1.29, 1.82) is 0 Å². The molecular formula is C16H25NO2. The second kappa shape index (κ2) is 5.83. The maximum Gasteiger partial charge on any atom is 0.123 e. The summed E-state index contributed by atoms with van der Waals surface area (Å²) in [6.07, 6.45) is 3.66. The Labute approximate surface area is 116 Å². The minimum Gasteiger partial charge on any atom is -0.497 e. The van der Waals surface area contributed by atoms with Crippen molar-refractivity contribution in [2.75, 3.05) is 14.2 Å². The van der Waals surface area contributed by atoms with E-state index in [-0.39, 0.29) is 5.41 Å². The minimum atomic E-state index is 0.262. The lowest BCUT2D eigenvalue weighted by Crippen LogP contribution is -2.63. The molecule has 1 aliphatic carbocycles. The van der Waals surface area contributed by atoms with Crippen LogP contribution in [-0.2, 0) is 0 Å². The summed E-state index contributed by atoms with van der Waals surface area (Å²) in [5, 5.41) is 3.43. The summed E-state index contributed by atoms with van der Waals surface area (Å²) in [7, 11) is 3.73. The second-order valence-corrected chi connectivity index (χ2v) is 5.30. The van der Waals surface area contributed by atoms with Gasteiger partial charge in [-0.2, -0.15) is 0 Å². The number of hydrogen-bond acceptors (Lipinski definition) is 3. The number of rotatable bonds is 6. The molecule has 1 N–H and O–H groups in total. The maximum atomic E-state index is 6.20. The summed E-state index contributed by atoms with van der Waals surface area (Å²) in [5.74, 6) is 1.76. The fraction of sp³-hybridized carbons (Fsp3) is 0.625. The third-order valence-electron chi connectivity index (χ3n) is 4.77. The van der Waals surface area contributed by atoms with Crippen LogP contribution >= 0.6 is 0 Å². The molecule has 1 fully saturated rings. The van der Waals surface area contributed by atoms with Crippen LogP contribution in [0.25, 0.3) is 0 Å². The monoisotopic (exact) mass is 263 g/mol. The van der Waals surface area contributed by atoms with E-state index in [4.69, 9.17) is 9.47 Å². The highest BCUT2D eigenvalue weighted by molar-refractivity contribution is 5.33. The lowest BCUT2D eigenvalue weighted by molar-refractivity contribution is -0.0836. The number of nitrogens with one attached hydrogen (secondary N) is 1. The number of benzene rings is 1. The van der Waals surface area contributed by atoms with Gasteiger partial charge in [-0.3, -0.25) is 0 Å². The zero-order valence-electron chi connectivity index (χ0n) is 12.4. The first-order valence-corrected chi connectivity index (χ1v) is 7.18. The Morgan fingerprint density at radius 3 is 2.53 bits per heavy atom. The van der Waals surface area contributed by atoms with Gasteiger partial charge in [0.2, 0.25) is 0 Å². The molecule has 0 bridgehead atoms. The molecule has 0 aromatic heterocycles. The van der Waals surface area contributed by atoms with Gasteiger partial charge in [-0.25, -0.2) is 0 Å². The van der Waals surface area contributed by atoms with Gasteiger partial charge in [-0.15, -0.1) is 0 Å². The summed E-state index contributed by atoms with van der Waals surface area (Å²) in [6.45, 7) is 4.52. The largest absolute Gasteiger partial charge is 0.497 e. The Morgan fingerprint density at radius 2 is 1.95 bits per heavy atom. The highest BCUT2D eigenvalue weighted by atomic mass is 16.5. The average molecular weight is 263 g/mol. The van der Waals surface area contributed by atoms with E-state index >= 15 is 0 Å². The molecular weight excluding hydrogens is 238 g/mol. The van der Waals surface area contributed by atoms with Crippen LogP contribution in [0, 0.1) is 5.41 Å². The molecule has 3 heteroatoms. The molecule has 1 aliphatic rings. The van der Waals surface area contributed by atoms with Gasteiger partial charge in [0.1, 0.15) is 17.6 Å². The minimum absolute atomic E-state index is 0.262. The van der Waals surface area contributed by atoms with Crippen molar-refractivity contribution in [2.24, 2.45) is 5.41 Å². The van der Waals surface area contributed by atoms with Crippen LogP contribution in [0.2, 0.25) is 0 Å². The molecule has 0 spiro atoms. The first-order chi connectivity index (χ1) is 9.20. The molecule has 0 amide bonds. The third kappa shape index (κ3) is 2.44. The van der Waals surface area contributed by atoms with E-state index in [9.17, 15) is 0 Å². The van der Waals surface area contributed by atoms with Gasteiger partial charge >= 0.3 is 0 Å². The highest BCUT2D eigenvalue weighted by Crippen LogP contribution is 2.48. The number of ether oxygens (including phenoxy) is 2. The van der Waals surface area contributed by atoms with E-state index in [0.29, 0.717) is 12.1 Å². The van der Waals surface area contributed by atoms with Gasteiger partial charge in [0.25, 0.3) is 0 Å². The molecule has 2 atom stereocenters.